The van der Waals surface area contributed by atoms with Crippen LogP contribution in [-0.4, -0.2) is 39.3 Å². The fraction of sp³-hybridized carbons (Fsp3) is 0.321. The Morgan fingerprint density at radius 2 is 1.50 bits per heavy atom. The monoisotopic (exact) mass is 457 g/mol. The molecule has 1 aromatic heterocycles. The highest BCUT2D eigenvalue weighted by atomic mass is 16.2. The third kappa shape index (κ3) is 4.81. The number of carbonyl (C=O) groups excluding carboxylic acids is 3. The molecular weight excluding hydrogens is 426 g/mol. The molecule has 1 aliphatic rings. The van der Waals surface area contributed by atoms with E-state index in [1.807, 2.05) is 68.4 Å². The topological polar surface area (TPSA) is 71.4 Å². The zero-order valence-corrected chi connectivity index (χ0v) is 20.0. The van der Waals surface area contributed by atoms with Crippen molar-refractivity contribution in [3.63, 3.8) is 0 Å². The van der Waals surface area contributed by atoms with E-state index in [2.05, 4.69) is 22.0 Å². The number of aromatic nitrogens is 1. The quantitative estimate of drug-likeness (QED) is 0.381. The van der Waals surface area contributed by atoms with Crippen molar-refractivity contribution in [1.82, 2.24) is 14.8 Å². The fourth-order valence-corrected chi connectivity index (χ4v) is 4.64. The van der Waals surface area contributed by atoms with E-state index in [1.54, 1.807) is 6.92 Å². The maximum absolute atomic E-state index is 13.2. The van der Waals surface area contributed by atoms with Crippen molar-refractivity contribution in [1.29, 1.82) is 0 Å². The van der Waals surface area contributed by atoms with Gasteiger partial charge in [0.25, 0.3) is 5.91 Å². The number of nitrogens with one attached hydrogen (secondary N) is 1. The van der Waals surface area contributed by atoms with Crippen molar-refractivity contribution >= 4 is 17.7 Å². The Labute approximate surface area is 200 Å². The Hall–Kier alpha value is -3.67. The summed E-state index contributed by atoms with van der Waals surface area (Å²) in [5.41, 5.74) is 3.73. The van der Waals surface area contributed by atoms with E-state index >= 15 is 0 Å². The van der Waals surface area contributed by atoms with Gasteiger partial charge in [-0.2, -0.15) is 0 Å². The maximum atomic E-state index is 13.2. The van der Waals surface area contributed by atoms with Crippen LogP contribution < -0.4 is 5.32 Å². The molecule has 6 nitrogen and oxygen atoms in total. The lowest BCUT2D eigenvalue weighted by molar-refractivity contribution is -0.130. The fourth-order valence-electron chi connectivity index (χ4n) is 4.64. The molecule has 176 valence electrons. The van der Waals surface area contributed by atoms with Crippen molar-refractivity contribution in [3.8, 4) is 0 Å². The minimum atomic E-state index is -1.01. The van der Waals surface area contributed by atoms with E-state index in [0.29, 0.717) is 18.4 Å². The number of hydrogen-bond donors (Lipinski definition) is 1. The number of aryl methyl sites for hydroxylation is 3. The van der Waals surface area contributed by atoms with E-state index < -0.39 is 11.6 Å². The maximum Gasteiger partial charge on any atom is 0.325 e. The first-order valence-electron chi connectivity index (χ1n) is 11.7. The second-order valence-corrected chi connectivity index (χ2v) is 9.23. The number of amides is 3. The zero-order valence-electron chi connectivity index (χ0n) is 20.0. The summed E-state index contributed by atoms with van der Waals surface area (Å²) in [5, 5.41) is 2.81. The minimum absolute atomic E-state index is 0.227. The van der Waals surface area contributed by atoms with Crippen molar-refractivity contribution < 1.29 is 14.4 Å². The predicted molar refractivity (Wildman–Crippen MR) is 132 cm³/mol. The molecule has 0 bridgehead atoms. The summed E-state index contributed by atoms with van der Waals surface area (Å²) in [4.78, 5) is 40.0. The van der Waals surface area contributed by atoms with Gasteiger partial charge in [0.05, 0.1) is 6.54 Å². The highest BCUT2D eigenvalue weighted by molar-refractivity contribution is 6.11. The van der Waals surface area contributed by atoms with Gasteiger partial charge >= 0.3 is 6.03 Å². The Morgan fingerprint density at radius 1 is 0.912 bits per heavy atom. The molecule has 1 atom stereocenters. The summed E-state index contributed by atoms with van der Waals surface area (Å²) in [6.45, 7) is 6.13. The van der Waals surface area contributed by atoms with Gasteiger partial charge in [0.2, 0.25) is 0 Å². The number of nitrogens with zero attached hydrogens (tertiary/aromatic N) is 2. The zero-order chi connectivity index (χ0) is 24.3. The molecule has 1 fully saturated rings. The van der Waals surface area contributed by atoms with Crippen LogP contribution in [-0.2, 0) is 24.2 Å². The molecule has 4 rings (SSSR count). The first-order valence-corrected chi connectivity index (χ1v) is 11.7. The van der Waals surface area contributed by atoms with Crippen LogP contribution in [0.5, 0.6) is 0 Å². The average molecular weight is 458 g/mol. The Morgan fingerprint density at radius 3 is 2.12 bits per heavy atom. The summed E-state index contributed by atoms with van der Waals surface area (Å²) in [6.07, 6.45) is 1.99. The van der Waals surface area contributed by atoms with Crippen LogP contribution in [0.2, 0.25) is 0 Å². The van der Waals surface area contributed by atoms with E-state index in [1.165, 1.54) is 5.56 Å². The molecule has 0 aliphatic carbocycles. The molecule has 0 spiro atoms. The lowest BCUT2D eigenvalue weighted by Gasteiger charge is -2.21. The molecule has 1 N–H and O–H groups in total. The van der Waals surface area contributed by atoms with E-state index in [4.69, 9.17) is 0 Å². The number of rotatable bonds is 9. The number of carbonyl (C=O) groups is 3. The molecule has 3 aromatic rings. The third-order valence-corrected chi connectivity index (χ3v) is 6.74. The van der Waals surface area contributed by atoms with Gasteiger partial charge in [-0.3, -0.25) is 14.5 Å². The van der Waals surface area contributed by atoms with Gasteiger partial charge in [0, 0.05) is 23.5 Å². The standard InChI is InChI=1S/C28H31N3O3/c1-20-18-24(21(2)30(20)17-15-23-12-8-5-9-13-23)25(32)19-31-26(33)28(3,29-27(31)34)16-14-22-10-6-4-7-11-22/h4-13,18H,14-17,19H2,1-3H3,(H,29,34)/t28-/m0/s1. The highest BCUT2D eigenvalue weighted by Gasteiger charge is 2.48. The van der Waals surface area contributed by atoms with Gasteiger partial charge < -0.3 is 9.88 Å². The minimum Gasteiger partial charge on any atom is -0.348 e. The van der Waals surface area contributed by atoms with Gasteiger partial charge in [0.15, 0.2) is 5.78 Å². The molecule has 0 saturated carbocycles. The van der Waals surface area contributed by atoms with Crippen LogP contribution >= 0.6 is 0 Å². The molecule has 3 amide bonds. The number of imide groups is 1. The van der Waals surface area contributed by atoms with Gasteiger partial charge in [-0.05, 0) is 57.2 Å². The first-order chi connectivity index (χ1) is 16.3. The number of Topliss-reactive ketones (excluding diaryl/α,β-unsaturated/α-hetero) is 1. The van der Waals surface area contributed by atoms with Crippen molar-refractivity contribution in [2.75, 3.05) is 6.54 Å². The number of hydrogen-bond acceptors (Lipinski definition) is 3. The van der Waals surface area contributed by atoms with Crippen molar-refractivity contribution in [2.24, 2.45) is 0 Å². The van der Waals surface area contributed by atoms with Crippen molar-refractivity contribution in [2.45, 2.75) is 52.1 Å². The molecular formula is C28H31N3O3. The molecule has 2 aromatic carbocycles. The summed E-state index contributed by atoms with van der Waals surface area (Å²) >= 11 is 0. The normalized spacial score (nSPS) is 17.8. The van der Waals surface area contributed by atoms with E-state index in [9.17, 15) is 14.4 Å². The van der Waals surface area contributed by atoms with Crippen LogP contribution in [0, 0.1) is 13.8 Å². The third-order valence-electron chi connectivity index (χ3n) is 6.74. The van der Waals surface area contributed by atoms with Gasteiger partial charge in [-0.15, -0.1) is 0 Å². The number of benzene rings is 2. The van der Waals surface area contributed by atoms with Crippen LogP contribution in [0.15, 0.2) is 66.7 Å². The second kappa shape index (κ2) is 9.67. The molecule has 1 aliphatic heterocycles. The molecule has 2 heterocycles. The SMILES string of the molecule is Cc1cc(C(=O)CN2C(=O)N[C@@](C)(CCc3ccccc3)C2=O)c(C)n1CCc1ccccc1. The van der Waals surface area contributed by atoms with Crippen LogP contribution in [0.3, 0.4) is 0 Å². The predicted octanol–water partition coefficient (Wildman–Crippen LogP) is 4.47. The Bertz CT molecular complexity index is 1200. The summed E-state index contributed by atoms with van der Waals surface area (Å²) < 4.78 is 2.12. The van der Waals surface area contributed by atoms with Gasteiger partial charge in [0.1, 0.15) is 5.54 Å². The Balaban J connectivity index is 1.43. The number of ketones is 1. The van der Waals surface area contributed by atoms with Crippen LogP contribution in [0.1, 0.15) is 46.2 Å². The first kappa shape index (κ1) is 23.5. The average Bonchev–Trinajstić information content (AvgIpc) is 3.24. The van der Waals surface area contributed by atoms with E-state index in [0.717, 1.165) is 34.8 Å². The van der Waals surface area contributed by atoms with Gasteiger partial charge in [-0.1, -0.05) is 60.7 Å². The Kier molecular flexibility index (Phi) is 6.68. The smallest absolute Gasteiger partial charge is 0.325 e. The van der Waals surface area contributed by atoms with Crippen LogP contribution in [0.4, 0.5) is 4.79 Å². The summed E-state index contributed by atoms with van der Waals surface area (Å²) in [7, 11) is 0. The van der Waals surface area contributed by atoms with Crippen molar-refractivity contribution in [3.05, 3.63) is 94.8 Å². The lowest BCUT2D eigenvalue weighted by Crippen LogP contribution is -2.44. The van der Waals surface area contributed by atoms with Gasteiger partial charge in [-0.25, -0.2) is 4.79 Å². The van der Waals surface area contributed by atoms with E-state index in [-0.39, 0.29) is 18.2 Å². The summed E-state index contributed by atoms with van der Waals surface area (Å²) in [5.74, 6) is -0.575. The largest absolute Gasteiger partial charge is 0.348 e. The molecule has 34 heavy (non-hydrogen) atoms. The lowest BCUT2D eigenvalue weighted by atomic mass is 9.93. The number of urea groups is 1. The van der Waals surface area contributed by atoms with Crippen LogP contribution in [0.25, 0.3) is 0 Å². The molecule has 0 unspecified atom stereocenters. The summed E-state index contributed by atoms with van der Waals surface area (Å²) in [6, 6.07) is 21.4. The highest BCUT2D eigenvalue weighted by Crippen LogP contribution is 2.25. The molecule has 0 radical (unpaired) electrons. The second-order valence-electron chi connectivity index (χ2n) is 9.23. The molecule has 1 saturated heterocycles. The molecule has 6 heteroatoms.